The second-order valence-corrected chi connectivity index (χ2v) is 5.46. The summed E-state index contributed by atoms with van der Waals surface area (Å²) in [5, 5.41) is 12.5. The molecule has 1 atom stereocenters. The topological polar surface area (TPSA) is 42.7 Å². The molecule has 0 aliphatic carbocycles. The van der Waals surface area contributed by atoms with Gasteiger partial charge in [0.05, 0.1) is 0 Å². The lowest BCUT2D eigenvalue weighted by Crippen LogP contribution is -2.32. The first-order valence-electron chi connectivity index (χ1n) is 6.99. The summed E-state index contributed by atoms with van der Waals surface area (Å²) < 4.78 is 2.42. The van der Waals surface area contributed by atoms with Crippen LogP contribution >= 0.6 is 0 Å². The van der Waals surface area contributed by atoms with Gasteiger partial charge >= 0.3 is 0 Å². The fourth-order valence-corrected chi connectivity index (χ4v) is 3.27. The maximum atomic E-state index is 4.54. The van der Waals surface area contributed by atoms with Gasteiger partial charge in [0.1, 0.15) is 11.6 Å². The number of nitrogens with one attached hydrogen (secondary N) is 1. The Bertz CT molecular complexity index is 390. The molecule has 3 heterocycles. The van der Waals surface area contributed by atoms with Crippen LogP contribution in [0.1, 0.15) is 50.7 Å². The van der Waals surface area contributed by atoms with E-state index in [1.54, 1.807) is 0 Å². The Morgan fingerprint density at radius 1 is 1.29 bits per heavy atom. The SMILES string of the molecule is CCC1(c2nnc3n2CCCCC3)CCNC1. The number of hydrogen-bond acceptors (Lipinski definition) is 3. The molecule has 1 unspecified atom stereocenters. The molecule has 3 rings (SSSR count). The third-order valence-electron chi connectivity index (χ3n) is 4.50. The highest BCUT2D eigenvalue weighted by molar-refractivity contribution is 5.15. The molecule has 4 nitrogen and oxygen atoms in total. The number of hydrogen-bond donors (Lipinski definition) is 1. The van der Waals surface area contributed by atoms with E-state index in [1.165, 1.54) is 37.3 Å². The summed E-state index contributed by atoms with van der Waals surface area (Å²) in [6, 6.07) is 0. The highest BCUT2D eigenvalue weighted by Crippen LogP contribution is 2.34. The van der Waals surface area contributed by atoms with E-state index in [0.29, 0.717) is 0 Å². The highest BCUT2D eigenvalue weighted by atomic mass is 15.3. The normalized spacial score (nSPS) is 29.0. The smallest absolute Gasteiger partial charge is 0.140 e. The molecule has 0 amide bonds. The van der Waals surface area contributed by atoms with Gasteiger partial charge in [-0.05, 0) is 32.2 Å². The second kappa shape index (κ2) is 4.41. The van der Waals surface area contributed by atoms with Crippen molar-refractivity contribution in [1.29, 1.82) is 0 Å². The number of aryl methyl sites for hydroxylation is 1. The van der Waals surface area contributed by atoms with Crippen molar-refractivity contribution in [3.05, 3.63) is 11.6 Å². The zero-order chi connectivity index (χ0) is 11.7. The van der Waals surface area contributed by atoms with Gasteiger partial charge in [-0.1, -0.05) is 13.3 Å². The van der Waals surface area contributed by atoms with E-state index >= 15 is 0 Å². The molecule has 1 aromatic rings. The zero-order valence-corrected chi connectivity index (χ0v) is 10.7. The average Bonchev–Trinajstić information content (AvgIpc) is 2.92. The molecule has 1 aromatic heterocycles. The van der Waals surface area contributed by atoms with Gasteiger partial charge in [-0.15, -0.1) is 10.2 Å². The van der Waals surface area contributed by atoms with E-state index in [2.05, 4.69) is 27.0 Å². The molecule has 1 saturated heterocycles. The Balaban J connectivity index is 1.99. The molecule has 1 N–H and O–H groups in total. The molecule has 94 valence electrons. The van der Waals surface area contributed by atoms with E-state index in [0.717, 1.165) is 32.5 Å². The Morgan fingerprint density at radius 2 is 2.24 bits per heavy atom. The van der Waals surface area contributed by atoms with Gasteiger partial charge in [0, 0.05) is 24.9 Å². The Kier molecular flexibility index (Phi) is 2.90. The van der Waals surface area contributed by atoms with Crippen molar-refractivity contribution in [2.75, 3.05) is 13.1 Å². The van der Waals surface area contributed by atoms with Crippen LogP contribution in [0.2, 0.25) is 0 Å². The summed E-state index contributed by atoms with van der Waals surface area (Å²) in [5.74, 6) is 2.47. The highest BCUT2D eigenvalue weighted by Gasteiger charge is 2.39. The minimum atomic E-state index is 0.246. The van der Waals surface area contributed by atoms with Crippen molar-refractivity contribution in [2.45, 2.75) is 57.4 Å². The Labute approximate surface area is 103 Å². The number of rotatable bonds is 2. The number of fused-ring (bicyclic) bond motifs is 1. The van der Waals surface area contributed by atoms with E-state index in [-0.39, 0.29) is 5.41 Å². The van der Waals surface area contributed by atoms with Crippen LogP contribution in [-0.4, -0.2) is 27.9 Å². The van der Waals surface area contributed by atoms with Crippen LogP contribution in [0.15, 0.2) is 0 Å². The lowest BCUT2D eigenvalue weighted by molar-refractivity contribution is 0.399. The summed E-state index contributed by atoms with van der Waals surface area (Å²) in [5.41, 5.74) is 0.246. The van der Waals surface area contributed by atoms with Gasteiger partial charge in [0.15, 0.2) is 0 Å². The van der Waals surface area contributed by atoms with Crippen LogP contribution in [0.4, 0.5) is 0 Å². The summed E-state index contributed by atoms with van der Waals surface area (Å²) in [6.07, 6.45) is 7.38. The zero-order valence-electron chi connectivity index (χ0n) is 10.7. The summed E-state index contributed by atoms with van der Waals surface area (Å²) >= 11 is 0. The van der Waals surface area contributed by atoms with E-state index < -0.39 is 0 Å². The molecule has 0 radical (unpaired) electrons. The van der Waals surface area contributed by atoms with E-state index in [1.807, 2.05) is 0 Å². The predicted molar refractivity (Wildman–Crippen MR) is 67.0 cm³/mol. The van der Waals surface area contributed by atoms with Crippen LogP contribution < -0.4 is 5.32 Å². The average molecular weight is 234 g/mol. The van der Waals surface area contributed by atoms with Gasteiger partial charge in [-0.2, -0.15) is 0 Å². The fourth-order valence-electron chi connectivity index (χ4n) is 3.27. The molecule has 0 aromatic carbocycles. The summed E-state index contributed by atoms with van der Waals surface area (Å²) in [6.45, 7) is 5.60. The van der Waals surface area contributed by atoms with E-state index in [4.69, 9.17) is 0 Å². The molecule has 0 bridgehead atoms. The molecule has 2 aliphatic rings. The third kappa shape index (κ3) is 1.79. The van der Waals surface area contributed by atoms with Crippen molar-refractivity contribution in [2.24, 2.45) is 0 Å². The molecule has 1 fully saturated rings. The van der Waals surface area contributed by atoms with Gasteiger partial charge < -0.3 is 9.88 Å². The predicted octanol–water partition coefficient (Wildman–Crippen LogP) is 1.65. The van der Waals surface area contributed by atoms with Gasteiger partial charge in [0.2, 0.25) is 0 Å². The van der Waals surface area contributed by atoms with Gasteiger partial charge in [-0.25, -0.2) is 0 Å². The van der Waals surface area contributed by atoms with Crippen LogP contribution in [0.25, 0.3) is 0 Å². The monoisotopic (exact) mass is 234 g/mol. The molecule has 17 heavy (non-hydrogen) atoms. The lowest BCUT2D eigenvalue weighted by Gasteiger charge is -2.26. The largest absolute Gasteiger partial charge is 0.316 e. The van der Waals surface area contributed by atoms with Crippen LogP contribution in [0, 0.1) is 0 Å². The van der Waals surface area contributed by atoms with Crippen molar-refractivity contribution >= 4 is 0 Å². The standard InChI is InChI=1S/C13H22N4/c1-2-13(7-8-14-10-13)12-16-15-11-6-4-3-5-9-17(11)12/h14H,2-10H2,1H3. The second-order valence-electron chi connectivity index (χ2n) is 5.46. The first-order chi connectivity index (χ1) is 8.36. The Hall–Kier alpha value is -0.900. The van der Waals surface area contributed by atoms with E-state index in [9.17, 15) is 0 Å². The van der Waals surface area contributed by atoms with Gasteiger partial charge in [-0.3, -0.25) is 0 Å². The van der Waals surface area contributed by atoms with Crippen LogP contribution in [0.3, 0.4) is 0 Å². The van der Waals surface area contributed by atoms with Crippen LogP contribution in [-0.2, 0) is 18.4 Å². The first kappa shape index (κ1) is 11.2. The van der Waals surface area contributed by atoms with Crippen LogP contribution in [0.5, 0.6) is 0 Å². The molecular weight excluding hydrogens is 212 g/mol. The molecule has 0 saturated carbocycles. The quantitative estimate of drug-likeness (QED) is 0.846. The minimum Gasteiger partial charge on any atom is -0.316 e. The summed E-state index contributed by atoms with van der Waals surface area (Å²) in [4.78, 5) is 0. The van der Waals surface area contributed by atoms with Crippen molar-refractivity contribution in [3.63, 3.8) is 0 Å². The maximum absolute atomic E-state index is 4.54. The fraction of sp³-hybridized carbons (Fsp3) is 0.846. The lowest BCUT2D eigenvalue weighted by atomic mass is 9.83. The third-order valence-corrected chi connectivity index (χ3v) is 4.50. The Morgan fingerprint density at radius 3 is 3.00 bits per heavy atom. The minimum absolute atomic E-state index is 0.246. The number of nitrogens with zero attached hydrogens (tertiary/aromatic N) is 3. The van der Waals surface area contributed by atoms with Crippen molar-refractivity contribution in [3.8, 4) is 0 Å². The molecule has 0 spiro atoms. The first-order valence-corrected chi connectivity index (χ1v) is 6.99. The van der Waals surface area contributed by atoms with Crippen molar-refractivity contribution in [1.82, 2.24) is 20.1 Å². The maximum Gasteiger partial charge on any atom is 0.140 e. The number of aromatic nitrogens is 3. The molecule has 4 heteroatoms. The molecule has 2 aliphatic heterocycles. The summed E-state index contributed by atoms with van der Waals surface area (Å²) in [7, 11) is 0. The van der Waals surface area contributed by atoms with Crippen molar-refractivity contribution < 1.29 is 0 Å². The van der Waals surface area contributed by atoms with Gasteiger partial charge in [0.25, 0.3) is 0 Å². The molecular formula is C13H22N4.